The van der Waals surface area contributed by atoms with Gasteiger partial charge >= 0.3 is 0 Å². The summed E-state index contributed by atoms with van der Waals surface area (Å²) >= 11 is 2.75. The van der Waals surface area contributed by atoms with Gasteiger partial charge in [0.15, 0.2) is 9.84 Å². The van der Waals surface area contributed by atoms with Crippen LogP contribution in [0.4, 0.5) is 0 Å². The molecular weight excluding hydrogens is 200 g/mol. The highest BCUT2D eigenvalue weighted by Crippen LogP contribution is 2.39. The molecule has 0 N–H and O–H groups in total. The van der Waals surface area contributed by atoms with Gasteiger partial charge in [0, 0.05) is 0 Å². The van der Waals surface area contributed by atoms with Crippen molar-refractivity contribution >= 4 is 33.4 Å². The molecule has 60 valence electrons. The summed E-state index contributed by atoms with van der Waals surface area (Å²) in [5.74, 6) is 0. The Labute approximate surface area is 74.0 Å². The maximum atomic E-state index is 11.5. The Morgan fingerprint density at radius 2 is 1.36 bits per heavy atom. The minimum atomic E-state index is -2.91. The van der Waals surface area contributed by atoms with Crippen LogP contribution < -0.4 is 0 Å². The lowest BCUT2D eigenvalue weighted by Crippen LogP contribution is -2.29. The third kappa shape index (κ3) is 1.15. The molecule has 2 rings (SSSR count). The molecular formula is C6H6O2S3. The van der Waals surface area contributed by atoms with Crippen molar-refractivity contribution in [3.8, 4) is 0 Å². The molecule has 2 heterocycles. The number of sulfone groups is 1. The lowest BCUT2D eigenvalue weighted by molar-refractivity contribution is 0.597. The molecule has 0 amide bonds. The molecule has 0 saturated heterocycles. The molecule has 0 aromatic heterocycles. The molecule has 0 saturated carbocycles. The second kappa shape index (κ2) is 2.57. The van der Waals surface area contributed by atoms with Gasteiger partial charge in [0.1, 0.15) is 9.16 Å². The SMILES string of the molecule is O=S(=O)(C1C=CS1)C1C=CS1. The van der Waals surface area contributed by atoms with Gasteiger partial charge in [-0.15, -0.1) is 23.5 Å². The topological polar surface area (TPSA) is 34.1 Å². The monoisotopic (exact) mass is 206 g/mol. The molecule has 0 aromatic carbocycles. The van der Waals surface area contributed by atoms with Crippen LogP contribution in [-0.4, -0.2) is 17.6 Å². The molecule has 2 aliphatic heterocycles. The fourth-order valence-corrected chi connectivity index (χ4v) is 5.00. The lowest BCUT2D eigenvalue weighted by Gasteiger charge is -2.24. The highest BCUT2D eigenvalue weighted by molar-refractivity contribution is 8.23. The van der Waals surface area contributed by atoms with Crippen molar-refractivity contribution in [3.63, 3.8) is 0 Å². The van der Waals surface area contributed by atoms with Crippen molar-refractivity contribution in [1.29, 1.82) is 0 Å². The van der Waals surface area contributed by atoms with Crippen molar-refractivity contribution in [2.75, 3.05) is 0 Å². The summed E-state index contributed by atoms with van der Waals surface area (Å²) in [6.45, 7) is 0. The molecule has 0 aliphatic carbocycles. The van der Waals surface area contributed by atoms with Gasteiger partial charge in [-0.25, -0.2) is 8.42 Å². The van der Waals surface area contributed by atoms with E-state index in [9.17, 15) is 8.42 Å². The largest absolute Gasteiger partial charge is 0.226 e. The van der Waals surface area contributed by atoms with Gasteiger partial charge in [-0.2, -0.15) is 0 Å². The quantitative estimate of drug-likeness (QED) is 0.687. The smallest absolute Gasteiger partial charge is 0.182 e. The Hall–Kier alpha value is 0.130. The molecule has 0 fully saturated rings. The van der Waals surface area contributed by atoms with Crippen LogP contribution in [0.25, 0.3) is 0 Å². The van der Waals surface area contributed by atoms with E-state index in [4.69, 9.17) is 0 Å². The van der Waals surface area contributed by atoms with Crippen LogP contribution in [-0.2, 0) is 9.84 Å². The van der Waals surface area contributed by atoms with Crippen LogP contribution >= 0.6 is 23.5 Å². The van der Waals surface area contributed by atoms with Crippen LogP contribution in [0.15, 0.2) is 23.0 Å². The van der Waals surface area contributed by atoms with E-state index in [1.165, 1.54) is 23.5 Å². The maximum absolute atomic E-state index is 11.5. The minimum absolute atomic E-state index is 0.287. The lowest BCUT2D eigenvalue weighted by atomic mass is 10.7. The Morgan fingerprint density at radius 3 is 1.55 bits per heavy atom. The third-order valence-corrected chi connectivity index (χ3v) is 6.91. The zero-order valence-corrected chi connectivity index (χ0v) is 7.95. The van der Waals surface area contributed by atoms with Gasteiger partial charge in [0.2, 0.25) is 0 Å². The van der Waals surface area contributed by atoms with E-state index in [0.29, 0.717) is 0 Å². The Morgan fingerprint density at radius 1 is 1.00 bits per heavy atom. The van der Waals surface area contributed by atoms with E-state index in [-0.39, 0.29) is 9.16 Å². The number of rotatable bonds is 2. The molecule has 2 atom stereocenters. The second-order valence-corrected chi connectivity index (χ2v) is 7.15. The molecule has 2 nitrogen and oxygen atoms in total. The molecule has 5 heteroatoms. The van der Waals surface area contributed by atoms with E-state index < -0.39 is 9.84 Å². The highest BCUT2D eigenvalue weighted by atomic mass is 32.3. The molecule has 2 unspecified atom stereocenters. The zero-order chi connectivity index (χ0) is 7.90. The van der Waals surface area contributed by atoms with E-state index >= 15 is 0 Å². The van der Waals surface area contributed by atoms with Gasteiger partial charge in [-0.05, 0) is 23.0 Å². The Kier molecular flexibility index (Phi) is 1.81. The fourth-order valence-electron chi connectivity index (χ4n) is 0.792. The number of hydrogen-bond acceptors (Lipinski definition) is 4. The molecule has 11 heavy (non-hydrogen) atoms. The standard InChI is InChI=1S/C6H6O2S3/c7-11(8,5-1-3-9-5)6-2-4-10-6/h1-6H. The fraction of sp³-hybridized carbons (Fsp3) is 0.333. The summed E-state index contributed by atoms with van der Waals surface area (Å²) in [4.78, 5) is 0. The number of thioether (sulfide) groups is 2. The predicted octanol–water partition coefficient (Wildman–Crippen LogP) is 1.57. The first kappa shape index (κ1) is 7.76. The maximum Gasteiger partial charge on any atom is 0.182 e. The molecule has 2 aliphatic rings. The summed E-state index contributed by atoms with van der Waals surface area (Å²) in [5, 5.41) is 3.63. The van der Waals surface area contributed by atoms with Crippen molar-refractivity contribution in [2.24, 2.45) is 0 Å². The summed E-state index contributed by atoms with van der Waals surface area (Å²) in [6, 6.07) is 0. The molecule has 0 spiro atoms. The average molecular weight is 206 g/mol. The first-order valence-corrected chi connectivity index (χ1v) is 6.58. The summed E-state index contributed by atoms with van der Waals surface area (Å²) < 4.78 is 22.3. The van der Waals surface area contributed by atoms with Crippen LogP contribution in [0.3, 0.4) is 0 Å². The summed E-state index contributed by atoms with van der Waals surface area (Å²) in [5.41, 5.74) is 0. The van der Waals surface area contributed by atoms with Crippen molar-refractivity contribution in [3.05, 3.63) is 23.0 Å². The minimum Gasteiger partial charge on any atom is -0.226 e. The average Bonchev–Trinajstić information content (AvgIpc) is 1.46. The van der Waals surface area contributed by atoms with Gasteiger partial charge in [-0.1, -0.05) is 0 Å². The van der Waals surface area contributed by atoms with Crippen molar-refractivity contribution < 1.29 is 8.42 Å². The summed E-state index contributed by atoms with van der Waals surface area (Å²) in [7, 11) is -2.91. The highest BCUT2D eigenvalue weighted by Gasteiger charge is 2.36. The van der Waals surface area contributed by atoms with E-state index in [0.717, 1.165) is 0 Å². The van der Waals surface area contributed by atoms with E-state index in [1.54, 1.807) is 12.2 Å². The van der Waals surface area contributed by atoms with E-state index in [1.807, 2.05) is 10.8 Å². The van der Waals surface area contributed by atoms with Gasteiger partial charge in [0.05, 0.1) is 0 Å². The Balaban J connectivity index is 2.21. The first-order chi connectivity index (χ1) is 5.21. The van der Waals surface area contributed by atoms with Crippen LogP contribution in [0.2, 0.25) is 0 Å². The second-order valence-electron chi connectivity index (χ2n) is 2.26. The van der Waals surface area contributed by atoms with Gasteiger partial charge < -0.3 is 0 Å². The van der Waals surface area contributed by atoms with Crippen LogP contribution in [0.5, 0.6) is 0 Å². The van der Waals surface area contributed by atoms with E-state index in [2.05, 4.69) is 0 Å². The first-order valence-electron chi connectivity index (χ1n) is 3.08. The summed E-state index contributed by atoms with van der Waals surface area (Å²) in [6.07, 6.45) is 3.46. The van der Waals surface area contributed by atoms with Crippen molar-refractivity contribution in [1.82, 2.24) is 0 Å². The molecule has 0 bridgehead atoms. The predicted molar refractivity (Wildman–Crippen MR) is 50.0 cm³/mol. The van der Waals surface area contributed by atoms with Gasteiger partial charge in [-0.3, -0.25) is 0 Å². The van der Waals surface area contributed by atoms with Crippen LogP contribution in [0, 0.1) is 0 Å². The van der Waals surface area contributed by atoms with Gasteiger partial charge in [0.25, 0.3) is 0 Å². The number of hydrogen-bond donors (Lipinski definition) is 0. The van der Waals surface area contributed by atoms with Crippen LogP contribution in [0.1, 0.15) is 0 Å². The normalized spacial score (nSPS) is 34.5. The zero-order valence-electron chi connectivity index (χ0n) is 5.51. The Bertz CT molecular complexity index is 289. The molecule has 0 aromatic rings. The molecule has 0 radical (unpaired) electrons. The van der Waals surface area contributed by atoms with Crippen molar-refractivity contribution in [2.45, 2.75) is 9.16 Å². The third-order valence-electron chi connectivity index (χ3n) is 1.54.